The van der Waals surface area contributed by atoms with Gasteiger partial charge in [-0.1, -0.05) is 6.07 Å². The van der Waals surface area contributed by atoms with E-state index in [1.807, 2.05) is 73.2 Å². The Kier molecular flexibility index (Phi) is 6.84. The van der Waals surface area contributed by atoms with E-state index in [0.29, 0.717) is 31.1 Å². The van der Waals surface area contributed by atoms with Gasteiger partial charge in [0.15, 0.2) is 0 Å². The molecule has 0 radical (unpaired) electrons. The number of hydrogen-bond acceptors (Lipinski definition) is 6. The Hall–Kier alpha value is -3.52. The number of anilines is 1. The van der Waals surface area contributed by atoms with Crippen LogP contribution in [-0.4, -0.2) is 61.6 Å². The lowest BCUT2D eigenvalue weighted by atomic mass is 9.95. The van der Waals surface area contributed by atoms with E-state index in [4.69, 9.17) is 14.2 Å². The molecule has 0 saturated carbocycles. The lowest BCUT2D eigenvalue weighted by molar-refractivity contribution is -0.121. The van der Waals surface area contributed by atoms with Gasteiger partial charge >= 0.3 is 0 Å². The van der Waals surface area contributed by atoms with E-state index in [-0.39, 0.29) is 11.8 Å². The summed E-state index contributed by atoms with van der Waals surface area (Å²) in [6.07, 6.45) is 2.34. The Balaban J connectivity index is 1.53. The quantitative estimate of drug-likeness (QED) is 0.568. The summed E-state index contributed by atoms with van der Waals surface area (Å²) in [6, 6.07) is 13.4. The fourth-order valence-corrected chi connectivity index (χ4v) is 3.80. The number of rotatable bonds is 8. The number of fused-ring (bicyclic) bond motifs is 1. The highest BCUT2D eigenvalue weighted by atomic mass is 16.5. The van der Waals surface area contributed by atoms with Crippen molar-refractivity contribution < 1.29 is 19.0 Å². The molecule has 1 aliphatic heterocycles. The van der Waals surface area contributed by atoms with Crippen LogP contribution in [0.5, 0.6) is 17.2 Å². The monoisotopic (exact) mass is 450 g/mol. The number of benzene rings is 2. The minimum absolute atomic E-state index is 0.103. The van der Waals surface area contributed by atoms with Crippen molar-refractivity contribution in [2.75, 3.05) is 46.3 Å². The Labute approximate surface area is 194 Å². The minimum Gasteiger partial charge on any atom is -0.497 e. The van der Waals surface area contributed by atoms with Gasteiger partial charge in [-0.2, -0.15) is 5.10 Å². The normalized spacial score (nSPS) is 15.0. The number of methoxy groups -OCH3 is 1. The van der Waals surface area contributed by atoms with E-state index >= 15 is 0 Å². The molecule has 1 atom stereocenters. The summed E-state index contributed by atoms with van der Waals surface area (Å²) in [5, 5.41) is 7.30. The third-order valence-electron chi connectivity index (χ3n) is 5.70. The average Bonchev–Trinajstić information content (AvgIpc) is 3.24. The van der Waals surface area contributed by atoms with Crippen LogP contribution >= 0.6 is 0 Å². The first-order valence-corrected chi connectivity index (χ1v) is 10.9. The van der Waals surface area contributed by atoms with Gasteiger partial charge in [0.05, 0.1) is 24.4 Å². The van der Waals surface area contributed by atoms with E-state index in [9.17, 15) is 4.79 Å². The smallest absolute Gasteiger partial charge is 0.231 e. The summed E-state index contributed by atoms with van der Waals surface area (Å²) in [6.45, 7) is 1.60. The predicted octanol–water partition coefficient (Wildman–Crippen LogP) is 3.23. The Bertz CT molecular complexity index is 1130. The van der Waals surface area contributed by atoms with Gasteiger partial charge in [0.25, 0.3) is 0 Å². The van der Waals surface area contributed by atoms with Gasteiger partial charge in [0.1, 0.15) is 30.5 Å². The molecule has 0 spiro atoms. The van der Waals surface area contributed by atoms with Crippen LogP contribution < -0.4 is 19.5 Å². The van der Waals surface area contributed by atoms with Crippen LogP contribution in [0.25, 0.3) is 11.3 Å². The summed E-state index contributed by atoms with van der Waals surface area (Å²) in [5.74, 6) is 1.77. The molecule has 4 rings (SSSR count). The van der Waals surface area contributed by atoms with Gasteiger partial charge in [-0.15, -0.1) is 0 Å². The molecular formula is C25H30N4O4. The van der Waals surface area contributed by atoms with E-state index in [1.54, 1.807) is 13.3 Å². The second-order valence-corrected chi connectivity index (χ2v) is 8.38. The SMILES string of the molecule is COc1ccc2c(c1)C[C@H](C(=O)Nc1ccc(-c3ccnn3C)cc1OCCN(C)C)CO2. The van der Waals surface area contributed by atoms with Crippen LogP contribution in [0.3, 0.4) is 0 Å². The molecule has 0 aliphatic carbocycles. The van der Waals surface area contributed by atoms with Crippen LogP contribution in [0.15, 0.2) is 48.7 Å². The molecule has 33 heavy (non-hydrogen) atoms. The van der Waals surface area contributed by atoms with Gasteiger partial charge in [-0.25, -0.2) is 0 Å². The third kappa shape index (κ3) is 5.28. The van der Waals surface area contributed by atoms with Crippen molar-refractivity contribution in [2.24, 2.45) is 13.0 Å². The number of amides is 1. The maximum Gasteiger partial charge on any atom is 0.231 e. The van der Waals surface area contributed by atoms with Gasteiger partial charge in [0, 0.05) is 25.4 Å². The molecule has 2 aromatic carbocycles. The number of carbonyl (C=O) groups excluding carboxylic acids is 1. The molecule has 174 valence electrons. The third-order valence-corrected chi connectivity index (χ3v) is 5.70. The number of aromatic nitrogens is 2. The van der Waals surface area contributed by atoms with Crippen molar-refractivity contribution in [1.29, 1.82) is 0 Å². The van der Waals surface area contributed by atoms with Gasteiger partial charge < -0.3 is 24.4 Å². The fourth-order valence-electron chi connectivity index (χ4n) is 3.80. The number of carbonyl (C=O) groups is 1. The average molecular weight is 451 g/mol. The molecule has 0 unspecified atom stereocenters. The molecule has 1 N–H and O–H groups in total. The summed E-state index contributed by atoms with van der Waals surface area (Å²) in [7, 11) is 7.51. The zero-order chi connectivity index (χ0) is 23.4. The number of nitrogens with zero attached hydrogens (tertiary/aromatic N) is 3. The van der Waals surface area contributed by atoms with E-state index in [2.05, 4.69) is 10.4 Å². The Morgan fingerprint density at radius 3 is 2.82 bits per heavy atom. The molecule has 1 amide bonds. The van der Waals surface area contributed by atoms with Crippen LogP contribution in [0, 0.1) is 5.92 Å². The molecule has 0 saturated heterocycles. The van der Waals surface area contributed by atoms with E-state index in [1.165, 1.54) is 0 Å². The van der Waals surface area contributed by atoms with Crippen molar-refractivity contribution in [3.63, 3.8) is 0 Å². The number of likely N-dealkylation sites (N-methyl/N-ethyl adjacent to an activating group) is 1. The number of nitrogens with one attached hydrogen (secondary N) is 1. The Morgan fingerprint density at radius 2 is 2.09 bits per heavy atom. The molecule has 8 heteroatoms. The molecular weight excluding hydrogens is 420 g/mol. The molecule has 1 aromatic heterocycles. The zero-order valence-corrected chi connectivity index (χ0v) is 19.5. The molecule has 0 bridgehead atoms. The number of ether oxygens (including phenoxy) is 3. The molecule has 2 heterocycles. The standard InChI is InChI=1S/C25H30N4O4/c1-28(2)11-12-32-24-15-17(22-9-10-26-29(22)3)5-7-21(24)27-25(30)19-13-18-14-20(31-4)6-8-23(18)33-16-19/h5-10,14-15,19H,11-13,16H2,1-4H3,(H,27,30)/t19-/m0/s1. The lowest BCUT2D eigenvalue weighted by Gasteiger charge is -2.25. The van der Waals surface area contributed by atoms with Crippen LogP contribution in [0.2, 0.25) is 0 Å². The molecule has 3 aromatic rings. The summed E-state index contributed by atoms with van der Waals surface area (Å²) >= 11 is 0. The van der Waals surface area contributed by atoms with E-state index in [0.717, 1.165) is 34.9 Å². The number of aryl methyl sites for hydroxylation is 1. The lowest BCUT2D eigenvalue weighted by Crippen LogP contribution is -2.32. The molecule has 8 nitrogen and oxygen atoms in total. The predicted molar refractivity (Wildman–Crippen MR) is 127 cm³/mol. The first-order chi connectivity index (χ1) is 15.9. The largest absolute Gasteiger partial charge is 0.497 e. The maximum atomic E-state index is 13.1. The van der Waals surface area contributed by atoms with Crippen LogP contribution in [0.1, 0.15) is 5.56 Å². The molecule has 1 aliphatic rings. The van der Waals surface area contributed by atoms with Crippen molar-refractivity contribution >= 4 is 11.6 Å². The van der Waals surface area contributed by atoms with Crippen LogP contribution in [0.4, 0.5) is 5.69 Å². The Morgan fingerprint density at radius 1 is 1.24 bits per heavy atom. The maximum absolute atomic E-state index is 13.1. The number of hydrogen-bond donors (Lipinski definition) is 1. The van der Waals surface area contributed by atoms with E-state index < -0.39 is 0 Å². The van der Waals surface area contributed by atoms with Crippen molar-refractivity contribution in [3.8, 4) is 28.5 Å². The van der Waals surface area contributed by atoms with Gasteiger partial charge in [-0.3, -0.25) is 9.48 Å². The highest BCUT2D eigenvalue weighted by Crippen LogP contribution is 2.34. The van der Waals surface area contributed by atoms with Crippen molar-refractivity contribution in [2.45, 2.75) is 6.42 Å². The zero-order valence-electron chi connectivity index (χ0n) is 19.5. The van der Waals surface area contributed by atoms with Crippen molar-refractivity contribution in [3.05, 3.63) is 54.2 Å². The van der Waals surface area contributed by atoms with Gasteiger partial charge in [0.2, 0.25) is 5.91 Å². The highest BCUT2D eigenvalue weighted by Gasteiger charge is 2.27. The van der Waals surface area contributed by atoms with Gasteiger partial charge in [-0.05, 0) is 62.5 Å². The second kappa shape index (κ2) is 9.95. The van der Waals surface area contributed by atoms with Crippen molar-refractivity contribution in [1.82, 2.24) is 14.7 Å². The van der Waals surface area contributed by atoms with Crippen LogP contribution in [-0.2, 0) is 18.3 Å². The summed E-state index contributed by atoms with van der Waals surface area (Å²) in [4.78, 5) is 15.2. The minimum atomic E-state index is -0.309. The molecule has 0 fully saturated rings. The highest BCUT2D eigenvalue weighted by molar-refractivity contribution is 5.95. The summed E-state index contributed by atoms with van der Waals surface area (Å²) < 4.78 is 19.0. The topological polar surface area (TPSA) is 77.8 Å². The first-order valence-electron chi connectivity index (χ1n) is 10.9. The summed E-state index contributed by atoms with van der Waals surface area (Å²) in [5.41, 5.74) is 3.54. The first kappa shape index (κ1) is 22.7. The second-order valence-electron chi connectivity index (χ2n) is 8.38. The fraction of sp³-hybridized carbons (Fsp3) is 0.360.